The van der Waals surface area contributed by atoms with Gasteiger partial charge in [-0.15, -0.1) is 0 Å². The Morgan fingerprint density at radius 2 is 2.00 bits per heavy atom. The second-order valence-corrected chi connectivity index (χ2v) is 4.91. The van der Waals surface area contributed by atoms with Crippen LogP contribution in [0.25, 0.3) is 0 Å². The largest absolute Gasteiger partial charge is 0.481 e. The molecule has 94 valence electrons. The van der Waals surface area contributed by atoms with Gasteiger partial charge in [0.05, 0.1) is 13.0 Å². The minimum absolute atomic E-state index is 0.0458. The summed E-state index contributed by atoms with van der Waals surface area (Å²) < 4.78 is 20.9. The first-order valence-electron chi connectivity index (χ1n) is 4.73. The van der Waals surface area contributed by atoms with Crippen LogP contribution in [-0.2, 0) is 29.9 Å². The van der Waals surface area contributed by atoms with Crippen LogP contribution in [0.2, 0.25) is 0 Å². The third-order valence-electron chi connectivity index (χ3n) is 1.78. The molecule has 16 heavy (non-hydrogen) atoms. The van der Waals surface area contributed by atoms with Gasteiger partial charge in [0.15, 0.2) is 0 Å². The van der Waals surface area contributed by atoms with E-state index in [9.17, 15) is 13.8 Å². The lowest BCUT2D eigenvalue weighted by molar-refractivity contribution is -0.144. The van der Waals surface area contributed by atoms with E-state index in [1.165, 1.54) is 14.0 Å². The standard InChI is InChI=1S/C9H16O6S/c1-7(9(12)15-5-4-14-2)16(13)6-3-8(10)11/h7H,3-6H2,1-2H3,(H,10,11). The fourth-order valence-corrected chi connectivity index (χ4v) is 1.83. The van der Waals surface area contributed by atoms with Gasteiger partial charge in [0.25, 0.3) is 0 Å². The number of hydrogen-bond acceptors (Lipinski definition) is 5. The Kier molecular flexibility index (Phi) is 7.74. The fraction of sp³-hybridized carbons (Fsp3) is 0.778. The SMILES string of the molecule is COCCOC(=O)C(C)S(=O)CCC(=O)O. The normalized spacial score (nSPS) is 14.1. The fourth-order valence-electron chi connectivity index (χ4n) is 0.815. The molecule has 0 aromatic rings. The molecular formula is C9H16O6S. The number of rotatable bonds is 8. The third kappa shape index (κ3) is 6.52. The zero-order valence-corrected chi connectivity index (χ0v) is 10.1. The van der Waals surface area contributed by atoms with Crippen molar-refractivity contribution in [2.24, 2.45) is 0 Å². The summed E-state index contributed by atoms with van der Waals surface area (Å²) in [7, 11) is -0.0426. The van der Waals surface area contributed by atoms with Crippen molar-refractivity contribution >= 4 is 22.7 Å². The quantitative estimate of drug-likeness (QED) is 0.475. The van der Waals surface area contributed by atoms with Crippen molar-refractivity contribution in [1.82, 2.24) is 0 Å². The first-order valence-corrected chi connectivity index (χ1v) is 6.11. The van der Waals surface area contributed by atoms with Crippen molar-refractivity contribution < 1.29 is 28.4 Å². The molecule has 2 atom stereocenters. The van der Waals surface area contributed by atoms with E-state index in [1.807, 2.05) is 0 Å². The van der Waals surface area contributed by atoms with Crippen molar-refractivity contribution in [3.05, 3.63) is 0 Å². The van der Waals surface area contributed by atoms with Crippen LogP contribution in [-0.4, -0.2) is 52.6 Å². The lowest BCUT2D eigenvalue weighted by Gasteiger charge is -2.10. The summed E-state index contributed by atoms with van der Waals surface area (Å²) in [5.41, 5.74) is 0. The maximum atomic E-state index is 11.4. The molecule has 0 aliphatic heterocycles. The van der Waals surface area contributed by atoms with Gasteiger partial charge in [0.1, 0.15) is 11.9 Å². The van der Waals surface area contributed by atoms with Gasteiger partial charge in [0, 0.05) is 23.7 Å². The maximum Gasteiger partial charge on any atom is 0.321 e. The summed E-state index contributed by atoms with van der Waals surface area (Å²) in [6.45, 7) is 1.84. The molecule has 0 rings (SSSR count). The van der Waals surface area contributed by atoms with Crippen LogP contribution >= 0.6 is 0 Å². The minimum atomic E-state index is -1.52. The van der Waals surface area contributed by atoms with Gasteiger partial charge in [-0.1, -0.05) is 0 Å². The number of carboxylic acid groups (broad SMARTS) is 1. The van der Waals surface area contributed by atoms with Crippen molar-refractivity contribution in [3.63, 3.8) is 0 Å². The first kappa shape index (κ1) is 15.0. The number of aliphatic carboxylic acids is 1. The Morgan fingerprint density at radius 1 is 1.38 bits per heavy atom. The van der Waals surface area contributed by atoms with E-state index in [4.69, 9.17) is 9.84 Å². The molecule has 0 aliphatic carbocycles. The molecule has 0 fully saturated rings. The van der Waals surface area contributed by atoms with E-state index in [2.05, 4.69) is 4.74 Å². The Balaban J connectivity index is 3.92. The van der Waals surface area contributed by atoms with Gasteiger partial charge in [-0.05, 0) is 6.92 Å². The lowest BCUT2D eigenvalue weighted by Crippen LogP contribution is -2.28. The molecule has 2 unspecified atom stereocenters. The second kappa shape index (κ2) is 8.23. The van der Waals surface area contributed by atoms with Crippen LogP contribution in [0.1, 0.15) is 13.3 Å². The molecule has 0 spiro atoms. The summed E-state index contributed by atoms with van der Waals surface area (Å²) >= 11 is 0. The predicted octanol–water partition coefficient (Wildman–Crippen LogP) is -0.212. The summed E-state index contributed by atoms with van der Waals surface area (Å²) in [6, 6.07) is 0. The Hall–Kier alpha value is -0.950. The number of carbonyl (C=O) groups excluding carboxylic acids is 1. The molecule has 0 aromatic carbocycles. The number of ether oxygens (including phenoxy) is 2. The second-order valence-electron chi connectivity index (χ2n) is 3.03. The van der Waals surface area contributed by atoms with Gasteiger partial charge < -0.3 is 14.6 Å². The minimum Gasteiger partial charge on any atom is -0.481 e. The molecule has 0 bridgehead atoms. The topological polar surface area (TPSA) is 89.9 Å². The lowest BCUT2D eigenvalue weighted by atomic mass is 10.5. The van der Waals surface area contributed by atoms with Gasteiger partial charge in [-0.25, -0.2) is 0 Å². The molecule has 0 heterocycles. The van der Waals surface area contributed by atoms with Crippen molar-refractivity contribution in [1.29, 1.82) is 0 Å². The maximum absolute atomic E-state index is 11.4. The highest BCUT2D eigenvalue weighted by molar-refractivity contribution is 7.86. The smallest absolute Gasteiger partial charge is 0.321 e. The van der Waals surface area contributed by atoms with E-state index in [0.29, 0.717) is 0 Å². The average Bonchev–Trinajstić information content (AvgIpc) is 2.24. The van der Waals surface area contributed by atoms with E-state index >= 15 is 0 Å². The average molecular weight is 252 g/mol. The van der Waals surface area contributed by atoms with Crippen molar-refractivity contribution in [2.75, 3.05) is 26.1 Å². The van der Waals surface area contributed by atoms with Crippen LogP contribution in [0.3, 0.4) is 0 Å². The highest BCUT2D eigenvalue weighted by Gasteiger charge is 2.21. The predicted molar refractivity (Wildman–Crippen MR) is 57.6 cm³/mol. The number of esters is 1. The molecule has 6 nitrogen and oxygen atoms in total. The van der Waals surface area contributed by atoms with E-state index in [1.54, 1.807) is 0 Å². The van der Waals surface area contributed by atoms with Gasteiger partial charge in [-0.2, -0.15) is 0 Å². The van der Waals surface area contributed by atoms with Crippen LogP contribution < -0.4 is 0 Å². The number of carbonyl (C=O) groups is 2. The van der Waals surface area contributed by atoms with Crippen LogP contribution in [0, 0.1) is 0 Å². The Morgan fingerprint density at radius 3 is 2.50 bits per heavy atom. The Bertz CT molecular complexity index is 265. The summed E-state index contributed by atoms with van der Waals surface area (Å²) in [5, 5.41) is 7.58. The van der Waals surface area contributed by atoms with Gasteiger partial charge in [-0.3, -0.25) is 13.8 Å². The molecule has 0 amide bonds. The zero-order chi connectivity index (χ0) is 12.6. The van der Waals surface area contributed by atoms with Gasteiger partial charge in [0.2, 0.25) is 0 Å². The molecule has 0 radical (unpaired) electrons. The third-order valence-corrected chi connectivity index (χ3v) is 3.36. The molecule has 0 saturated carbocycles. The summed E-state index contributed by atoms with van der Waals surface area (Å²) in [5.74, 6) is -1.68. The highest BCUT2D eigenvalue weighted by Crippen LogP contribution is 2.01. The number of hydrogen-bond donors (Lipinski definition) is 1. The summed E-state index contributed by atoms with van der Waals surface area (Å²) in [6.07, 6.45) is -0.220. The monoisotopic (exact) mass is 252 g/mol. The van der Waals surface area contributed by atoms with E-state index in [0.717, 1.165) is 0 Å². The molecule has 0 aromatic heterocycles. The number of methoxy groups -OCH3 is 1. The van der Waals surface area contributed by atoms with Crippen molar-refractivity contribution in [2.45, 2.75) is 18.6 Å². The summed E-state index contributed by atoms with van der Waals surface area (Å²) in [4.78, 5) is 21.5. The van der Waals surface area contributed by atoms with Crippen LogP contribution in [0.4, 0.5) is 0 Å². The van der Waals surface area contributed by atoms with Gasteiger partial charge >= 0.3 is 11.9 Å². The number of carboxylic acids is 1. The molecule has 7 heteroatoms. The molecule has 1 N–H and O–H groups in total. The van der Waals surface area contributed by atoms with E-state index < -0.39 is 28.0 Å². The molecule has 0 aliphatic rings. The molecule has 0 saturated heterocycles. The zero-order valence-electron chi connectivity index (χ0n) is 9.30. The van der Waals surface area contributed by atoms with E-state index in [-0.39, 0.29) is 25.4 Å². The first-order chi connectivity index (χ1) is 7.49. The Labute approximate surface area is 96.4 Å². The van der Waals surface area contributed by atoms with Crippen molar-refractivity contribution in [3.8, 4) is 0 Å². The van der Waals surface area contributed by atoms with Crippen LogP contribution in [0.15, 0.2) is 0 Å². The van der Waals surface area contributed by atoms with Crippen LogP contribution in [0.5, 0.6) is 0 Å². The highest BCUT2D eigenvalue weighted by atomic mass is 32.2. The molecular weight excluding hydrogens is 236 g/mol.